The molecular formula is C12H24N2O. The summed E-state index contributed by atoms with van der Waals surface area (Å²) in [6, 6.07) is 0.294. The molecule has 15 heavy (non-hydrogen) atoms. The fraction of sp³-hybridized carbons (Fsp3) is 0.917. The SMILES string of the molecule is CCN(C(=O)C1(C)CCCCN1)C(C)C. The molecule has 3 nitrogen and oxygen atoms in total. The molecular weight excluding hydrogens is 188 g/mol. The Labute approximate surface area is 93.2 Å². The van der Waals surface area contributed by atoms with Gasteiger partial charge in [0.15, 0.2) is 0 Å². The second-order valence-electron chi connectivity index (χ2n) is 4.90. The van der Waals surface area contributed by atoms with E-state index in [1.807, 2.05) is 18.7 Å². The molecule has 0 saturated carbocycles. The molecule has 1 heterocycles. The van der Waals surface area contributed by atoms with Crippen molar-refractivity contribution in [2.24, 2.45) is 0 Å². The molecule has 1 aliphatic heterocycles. The zero-order valence-electron chi connectivity index (χ0n) is 10.5. The first-order chi connectivity index (χ1) is 7.01. The van der Waals surface area contributed by atoms with Crippen molar-refractivity contribution in [2.45, 2.75) is 58.5 Å². The Morgan fingerprint density at radius 3 is 2.53 bits per heavy atom. The Morgan fingerprint density at radius 1 is 1.47 bits per heavy atom. The van der Waals surface area contributed by atoms with Crippen molar-refractivity contribution in [1.29, 1.82) is 0 Å². The molecule has 0 aromatic rings. The van der Waals surface area contributed by atoms with E-state index in [1.54, 1.807) is 0 Å². The average molecular weight is 212 g/mol. The van der Waals surface area contributed by atoms with E-state index in [2.05, 4.69) is 19.2 Å². The van der Waals surface area contributed by atoms with Crippen molar-refractivity contribution < 1.29 is 4.79 Å². The monoisotopic (exact) mass is 212 g/mol. The van der Waals surface area contributed by atoms with Gasteiger partial charge in [0.05, 0.1) is 5.54 Å². The summed E-state index contributed by atoms with van der Waals surface area (Å²) in [5, 5.41) is 3.37. The summed E-state index contributed by atoms with van der Waals surface area (Å²) in [7, 11) is 0. The van der Waals surface area contributed by atoms with Crippen molar-refractivity contribution >= 4 is 5.91 Å². The van der Waals surface area contributed by atoms with E-state index in [-0.39, 0.29) is 11.4 Å². The molecule has 1 unspecified atom stereocenters. The van der Waals surface area contributed by atoms with Gasteiger partial charge >= 0.3 is 0 Å². The lowest BCUT2D eigenvalue weighted by molar-refractivity contribution is -0.140. The first-order valence-corrected chi connectivity index (χ1v) is 6.07. The van der Waals surface area contributed by atoms with E-state index in [1.165, 1.54) is 6.42 Å². The van der Waals surface area contributed by atoms with Gasteiger partial charge in [0, 0.05) is 12.6 Å². The molecule has 0 spiro atoms. The second-order valence-corrected chi connectivity index (χ2v) is 4.90. The molecule has 0 aromatic carbocycles. The fourth-order valence-corrected chi connectivity index (χ4v) is 2.30. The molecule has 1 rings (SSSR count). The van der Waals surface area contributed by atoms with Gasteiger partial charge in [-0.2, -0.15) is 0 Å². The average Bonchev–Trinajstić information content (AvgIpc) is 2.19. The Kier molecular flexibility index (Phi) is 4.14. The summed E-state index contributed by atoms with van der Waals surface area (Å²) < 4.78 is 0. The highest BCUT2D eigenvalue weighted by atomic mass is 16.2. The number of carbonyl (C=O) groups is 1. The van der Waals surface area contributed by atoms with Crippen LogP contribution in [0.5, 0.6) is 0 Å². The number of nitrogens with one attached hydrogen (secondary N) is 1. The fourth-order valence-electron chi connectivity index (χ4n) is 2.30. The number of carbonyl (C=O) groups excluding carboxylic acids is 1. The molecule has 1 amide bonds. The molecule has 1 aliphatic rings. The minimum absolute atomic E-state index is 0.264. The Bertz CT molecular complexity index is 220. The van der Waals surface area contributed by atoms with Crippen LogP contribution in [0, 0.1) is 0 Å². The number of nitrogens with zero attached hydrogens (tertiary/aromatic N) is 1. The first kappa shape index (κ1) is 12.5. The maximum absolute atomic E-state index is 12.4. The van der Waals surface area contributed by atoms with E-state index in [0.29, 0.717) is 6.04 Å². The van der Waals surface area contributed by atoms with Crippen LogP contribution < -0.4 is 5.32 Å². The lowest BCUT2D eigenvalue weighted by Crippen LogP contribution is -2.59. The summed E-state index contributed by atoms with van der Waals surface area (Å²) in [6.07, 6.45) is 3.32. The van der Waals surface area contributed by atoms with Crippen LogP contribution in [0.4, 0.5) is 0 Å². The minimum Gasteiger partial charge on any atom is -0.339 e. The third-order valence-corrected chi connectivity index (χ3v) is 3.32. The maximum atomic E-state index is 12.4. The molecule has 0 aromatic heterocycles. The Morgan fingerprint density at radius 2 is 2.13 bits per heavy atom. The number of hydrogen-bond acceptors (Lipinski definition) is 2. The number of likely N-dealkylation sites (N-methyl/N-ethyl adjacent to an activating group) is 1. The van der Waals surface area contributed by atoms with Crippen LogP contribution in [0.3, 0.4) is 0 Å². The summed E-state index contributed by atoms with van der Waals surface area (Å²) >= 11 is 0. The van der Waals surface area contributed by atoms with E-state index < -0.39 is 0 Å². The van der Waals surface area contributed by atoms with Gasteiger partial charge in [-0.05, 0) is 53.5 Å². The molecule has 0 radical (unpaired) electrons. The van der Waals surface area contributed by atoms with Crippen LogP contribution in [-0.2, 0) is 4.79 Å². The standard InChI is InChI=1S/C12H24N2O/c1-5-14(10(2)3)11(15)12(4)8-6-7-9-13-12/h10,13H,5-9H2,1-4H3. The van der Waals surface area contributed by atoms with Gasteiger partial charge in [0.1, 0.15) is 0 Å². The molecule has 0 aliphatic carbocycles. The maximum Gasteiger partial charge on any atom is 0.242 e. The van der Waals surface area contributed by atoms with Crippen LogP contribution in [0.1, 0.15) is 47.0 Å². The molecule has 1 fully saturated rings. The quantitative estimate of drug-likeness (QED) is 0.773. The summed E-state index contributed by atoms with van der Waals surface area (Å²) in [5.41, 5.74) is -0.321. The van der Waals surface area contributed by atoms with Crippen molar-refractivity contribution in [1.82, 2.24) is 10.2 Å². The zero-order valence-corrected chi connectivity index (χ0v) is 10.5. The number of hydrogen-bond donors (Lipinski definition) is 1. The van der Waals surface area contributed by atoms with Crippen LogP contribution in [0.15, 0.2) is 0 Å². The van der Waals surface area contributed by atoms with Crippen molar-refractivity contribution in [3.05, 3.63) is 0 Å². The van der Waals surface area contributed by atoms with E-state index >= 15 is 0 Å². The highest BCUT2D eigenvalue weighted by Crippen LogP contribution is 2.22. The highest BCUT2D eigenvalue weighted by Gasteiger charge is 2.37. The lowest BCUT2D eigenvalue weighted by Gasteiger charge is -2.39. The van der Waals surface area contributed by atoms with Crippen molar-refractivity contribution in [3.8, 4) is 0 Å². The topological polar surface area (TPSA) is 32.3 Å². The third-order valence-electron chi connectivity index (χ3n) is 3.32. The van der Waals surface area contributed by atoms with Gasteiger partial charge in [0.25, 0.3) is 0 Å². The summed E-state index contributed by atoms with van der Waals surface area (Å²) in [5.74, 6) is 0.264. The molecule has 3 heteroatoms. The van der Waals surface area contributed by atoms with Gasteiger partial charge < -0.3 is 10.2 Å². The molecule has 1 atom stereocenters. The van der Waals surface area contributed by atoms with Gasteiger partial charge in [-0.25, -0.2) is 0 Å². The molecule has 1 saturated heterocycles. The number of piperidine rings is 1. The predicted octanol–water partition coefficient (Wildman–Crippen LogP) is 1.78. The van der Waals surface area contributed by atoms with Gasteiger partial charge in [0.2, 0.25) is 5.91 Å². The van der Waals surface area contributed by atoms with Crippen LogP contribution in [0.2, 0.25) is 0 Å². The van der Waals surface area contributed by atoms with E-state index in [4.69, 9.17) is 0 Å². The lowest BCUT2D eigenvalue weighted by atomic mass is 9.89. The molecule has 0 bridgehead atoms. The van der Waals surface area contributed by atoms with Crippen molar-refractivity contribution in [3.63, 3.8) is 0 Å². The second kappa shape index (κ2) is 4.97. The van der Waals surface area contributed by atoms with Crippen LogP contribution in [-0.4, -0.2) is 35.5 Å². The van der Waals surface area contributed by atoms with E-state index in [0.717, 1.165) is 25.9 Å². The normalized spacial score (nSPS) is 26.7. The van der Waals surface area contributed by atoms with Gasteiger partial charge in [-0.3, -0.25) is 4.79 Å². The van der Waals surface area contributed by atoms with Crippen molar-refractivity contribution in [2.75, 3.05) is 13.1 Å². The zero-order chi connectivity index (χ0) is 11.5. The smallest absolute Gasteiger partial charge is 0.242 e. The number of rotatable bonds is 3. The Balaban J connectivity index is 2.71. The van der Waals surface area contributed by atoms with Crippen LogP contribution >= 0.6 is 0 Å². The highest BCUT2D eigenvalue weighted by molar-refractivity contribution is 5.86. The van der Waals surface area contributed by atoms with E-state index in [9.17, 15) is 4.79 Å². The van der Waals surface area contributed by atoms with Gasteiger partial charge in [-0.1, -0.05) is 0 Å². The first-order valence-electron chi connectivity index (χ1n) is 6.07. The minimum atomic E-state index is -0.321. The largest absolute Gasteiger partial charge is 0.339 e. The molecule has 88 valence electrons. The van der Waals surface area contributed by atoms with Gasteiger partial charge in [-0.15, -0.1) is 0 Å². The number of amides is 1. The predicted molar refractivity (Wildman–Crippen MR) is 62.8 cm³/mol. The summed E-state index contributed by atoms with van der Waals surface area (Å²) in [6.45, 7) is 10.0. The summed E-state index contributed by atoms with van der Waals surface area (Å²) in [4.78, 5) is 14.3. The molecule has 1 N–H and O–H groups in total. The third kappa shape index (κ3) is 2.71. The van der Waals surface area contributed by atoms with Crippen LogP contribution in [0.25, 0.3) is 0 Å². The Hall–Kier alpha value is -0.570.